The van der Waals surface area contributed by atoms with Crippen molar-refractivity contribution in [2.75, 3.05) is 0 Å². The van der Waals surface area contributed by atoms with Crippen molar-refractivity contribution in [2.45, 2.75) is 25.6 Å². The number of alkyl halides is 3. The molecule has 0 spiro atoms. The number of nitrogens with two attached hydrogens (primary N) is 1. The minimum Gasteiger partial charge on any atom is -0.320 e. The molecule has 0 aliphatic rings. The molecule has 0 aliphatic carbocycles. The molecule has 0 aromatic heterocycles. The molecule has 1 atom stereocenters. The van der Waals surface area contributed by atoms with Gasteiger partial charge in [0.15, 0.2) is 0 Å². The van der Waals surface area contributed by atoms with E-state index in [1.165, 1.54) is 25.1 Å². The third-order valence-corrected chi connectivity index (χ3v) is 2.43. The number of benzene rings is 1. The smallest absolute Gasteiger partial charge is 0.320 e. The van der Waals surface area contributed by atoms with Crippen molar-refractivity contribution in [1.82, 2.24) is 0 Å². The highest BCUT2D eigenvalue weighted by molar-refractivity contribution is 5.45. The van der Waals surface area contributed by atoms with Gasteiger partial charge in [-0.25, -0.2) is 0 Å². The fourth-order valence-corrected chi connectivity index (χ4v) is 1.46. The number of hydrogen-bond donors (Lipinski definition) is 1. The van der Waals surface area contributed by atoms with Crippen LogP contribution in [0.4, 0.5) is 18.9 Å². The zero-order valence-electron chi connectivity index (χ0n) is 8.99. The highest BCUT2D eigenvalue weighted by Crippen LogP contribution is 2.27. The number of nitro groups is 1. The lowest BCUT2D eigenvalue weighted by molar-refractivity contribution is -0.385. The summed E-state index contributed by atoms with van der Waals surface area (Å²) in [4.78, 5) is 9.99. The summed E-state index contributed by atoms with van der Waals surface area (Å²) < 4.78 is 36.9. The predicted molar refractivity (Wildman–Crippen MR) is 55.6 cm³/mol. The van der Waals surface area contributed by atoms with Gasteiger partial charge in [0.25, 0.3) is 5.69 Å². The van der Waals surface area contributed by atoms with Crippen LogP contribution in [0.15, 0.2) is 18.2 Å². The molecule has 2 N–H and O–H groups in total. The Balaban J connectivity index is 3.09. The molecule has 0 aliphatic heterocycles. The zero-order valence-corrected chi connectivity index (χ0v) is 8.99. The molecule has 0 heterocycles. The van der Waals surface area contributed by atoms with E-state index in [9.17, 15) is 23.3 Å². The van der Waals surface area contributed by atoms with Gasteiger partial charge in [-0.1, -0.05) is 12.1 Å². The minimum atomic E-state index is -4.56. The van der Waals surface area contributed by atoms with Gasteiger partial charge in [0, 0.05) is 18.1 Å². The summed E-state index contributed by atoms with van der Waals surface area (Å²) in [7, 11) is 0. The van der Waals surface area contributed by atoms with Gasteiger partial charge >= 0.3 is 6.18 Å². The number of aryl methyl sites for hydroxylation is 1. The van der Waals surface area contributed by atoms with Gasteiger partial charge in [-0.05, 0) is 12.5 Å². The van der Waals surface area contributed by atoms with E-state index in [0.29, 0.717) is 5.56 Å². The Kier molecular flexibility index (Phi) is 3.72. The van der Waals surface area contributed by atoms with E-state index in [1.807, 2.05) is 0 Å². The monoisotopic (exact) mass is 248 g/mol. The minimum absolute atomic E-state index is 0.0299. The molecule has 0 saturated heterocycles. The zero-order chi connectivity index (χ0) is 13.2. The molecule has 94 valence electrons. The lowest BCUT2D eigenvalue weighted by atomic mass is 9.99. The topological polar surface area (TPSA) is 69.2 Å². The second-order valence-corrected chi connectivity index (χ2v) is 3.68. The second-order valence-electron chi connectivity index (χ2n) is 3.68. The number of nitrogens with zero attached hydrogens (tertiary/aromatic N) is 1. The molecule has 1 aromatic carbocycles. The Bertz CT molecular complexity index is 432. The molecule has 0 bridgehead atoms. The maximum atomic E-state index is 12.3. The van der Waals surface area contributed by atoms with Gasteiger partial charge in [0.2, 0.25) is 0 Å². The average molecular weight is 248 g/mol. The first kappa shape index (κ1) is 13.4. The molecule has 1 unspecified atom stereocenters. The summed E-state index contributed by atoms with van der Waals surface area (Å²) in [6, 6.07) is 2.02. The standard InChI is InChI=1S/C10H11F3N2O2/c1-6-3-2-4-8(15(16)17)7(6)5-9(14)10(11,12)13/h2-4,9H,5,14H2,1H3. The first-order chi connectivity index (χ1) is 7.73. The summed E-state index contributed by atoms with van der Waals surface area (Å²) in [5.41, 5.74) is 5.10. The molecule has 0 fully saturated rings. The van der Waals surface area contributed by atoms with Crippen LogP contribution in [-0.4, -0.2) is 17.1 Å². The van der Waals surface area contributed by atoms with E-state index < -0.39 is 23.6 Å². The summed E-state index contributed by atoms with van der Waals surface area (Å²) in [6.07, 6.45) is -5.15. The second kappa shape index (κ2) is 4.70. The van der Waals surface area contributed by atoms with Crippen LogP contribution >= 0.6 is 0 Å². The van der Waals surface area contributed by atoms with Gasteiger partial charge in [0.1, 0.15) is 6.04 Å². The van der Waals surface area contributed by atoms with Crippen molar-refractivity contribution in [2.24, 2.45) is 5.73 Å². The van der Waals surface area contributed by atoms with Gasteiger partial charge in [-0.15, -0.1) is 0 Å². The Hall–Kier alpha value is -1.63. The van der Waals surface area contributed by atoms with Crippen LogP contribution in [0.25, 0.3) is 0 Å². The van der Waals surface area contributed by atoms with Crippen molar-refractivity contribution < 1.29 is 18.1 Å². The van der Waals surface area contributed by atoms with E-state index in [0.717, 1.165) is 0 Å². The van der Waals surface area contributed by atoms with Crippen LogP contribution in [0.5, 0.6) is 0 Å². The molecule has 17 heavy (non-hydrogen) atoms. The number of halogens is 3. The Morgan fingerprint density at radius 2 is 2.06 bits per heavy atom. The first-order valence-electron chi connectivity index (χ1n) is 4.78. The Morgan fingerprint density at radius 3 is 2.53 bits per heavy atom. The van der Waals surface area contributed by atoms with Crippen molar-refractivity contribution >= 4 is 5.69 Å². The summed E-state index contributed by atoms with van der Waals surface area (Å²) in [5, 5.41) is 10.7. The summed E-state index contributed by atoms with van der Waals surface area (Å²) >= 11 is 0. The molecular formula is C10H11F3N2O2. The molecule has 1 aromatic rings. The van der Waals surface area contributed by atoms with Gasteiger partial charge in [-0.3, -0.25) is 10.1 Å². The van der Waals surface area contributed by atoms with E-state index >= 15 is 0 Å². The molecule has 1 rings (SSSR count). The first-order valence-corrected chi connectivity index (χ1v) is 4.78. The number of nitro benzene ring substituents is 1. The predicted octanol–water partition coefficient (Wildman–Crippen LogP) is 2.34. The normalized spacial score (nSPS) is 13.5. The van der Waals surface area contributed by atoms with E-state index in [-0.39, 0.29) is 11.3 Å². The molecule has 0 amide bonds. The van der Waals surface area contributed by atoms with Gasteiger partial charge in [-0.2, -0.15) is 13.2 Å². The van der Waals surface area contributed by atoms with Crippen LogP contribution in [0.1, 0.15) is 11.1 Å². The third kappa shape index (κ3) is 3.16. The average Bonchev–Trinajstić information content (AvgIpc) is 2.18. The lowest BCUT2D eigenvalue weighted by Gasteiger charge is -2.16. The molecule has 0 radical (unpaired) electrons. The molecule has 0 saturated carbocycles. The van der Waals surface area contributed by atoms with Crippen LogP contribution in [0.2, 0.25) is 0 Å². The van der Waals surface area contributed by atoms with Crippen molar-refractivity contribution in [3.63, 3.8) is 0 Å². The molecule has 4 nitrogen and oxygen atoms in total. The van der Waals surface area contributed by atoms with Crippen LogP contribution < -0.4 is 5.73 Å². The van der Waals surface area contributed by atoms with Crippen molar-refractivity contribution in [3.8, 4) is 0 Å². The Labute approximate surface area is 95.4 Å². The van der Waals surface area contributed by atoms with Gasteiger partial charge in [0.05, 0.1) is 4.92 Å². The summed E-state index contributed by atoms with van der Waals surface area (Å²) in [6.45, 7) is 1.52. The Morgan fingerprint density at radius 1 is 1.47 bits per heavy atom. The fraction of sp³-hybridized carbons (Fsp3) is 0.400. The number of rotatable bonds is 3. The maximum absolute atomic E-state index is 12.3. The number of hydrogen-bond acceptors (Lipinski definition) is 3. The third-order valence-electron chi connectivity index (χ3n) is 2.43. The van der Waals surface area contributed by atoms with Crippen LogP contribution in [0.3, 0.4) is 0 Å². The SMILES string of the molecule is Cc1cccc([N+](=O)[O-])c1CC(N)C(F)(F)F. The van der Waals surface area contributed by atoms with E-state index in [1.54, 1.807) is 0 Å². The van der Waals surface area contributed by atoms with Crippen LogP contribution in [0, 0.1) is 17.0 Å². The molecular weight excluding hydrogens is 237 g/mol. The highest BCUT2D eigenvalue weighted by Gasteiger charge is 2.38. The maximum Gasteiger partial charge on any atom is 0.403 e. The fourth-order valence-electron chi connectivity index (χ4n) is 1.46. The largest absolute Gasteiger partial charge is 0.403 e. The van der Waals surface area contributed by atoms with E-state index in [2.05, 4.69) is 0 Å². The molecule has 7 heteroatoms. The summed E-state index contributed by atoms with van der Waals surface area (Å²) in [5.74, 6) is 0. The van der Waals surface area contributed by atoms with Gasteiger partial charge < -0.3 is 5.73 Å². The van der Waals surface area contributed by atoms with Crippen LogP contribution in [-0.2, 0) is 6.42 Å². The van der Waals surface area contributed by atoms with Crippen molar-refractivity contribution in [3.05, 3.63) is 39.4 Å². The highest BCUT2D eigenvalue weighted by atomic mass is 19.4. The quantitative estimate of drug-likeness (QED) is 0.659. The van der Waals surface area contributed by atoms with Crippen molar-refractivity contribution in [1.29, 1.82) is 0 Å². The lowest BCUT2D eigenvalue weighted by Crippen LogP contribution is -2.39. The van der Waals surface area contributed by atoms with E-state index in [4.69, 9.17) is 5.73 Å².